The van der Waals surface area contributed by atoms with E-state index in [0.29, 0.717) is 4.47 Å². The van der Waals surface area contributed by atoms with Gasteiger partial charge in [0.2, 0.25) is 5.91 Å². The minimum absolute atomic E-state index is 0.199. The lowest BCUT2D eigenvalue weighted by Gasteiger charge is -2.32. The molecule has 2 amide bonds. The van der Waals surface area contributed by atoms with Crippen LogP contribution >= 0.6 is 15.9 Å². The quantitative estimate of drug-likeness (QED) is 0.823. The van der Waals surface area contributed by atoms with E-state index < -0.39 is 36.2 Å². The zero-order chi connectivity index (χ0) is 14.9. The molecule has 1 fully saturated rings. The molecule has 1 heterocycles. The minimum Gasteiger partial charge on any atom is -0.480 e. The molecule has 0 aliphatic carbocycles. The van der Waals surface area contributed by atoms with Crippen LogP contribution in [0.15, 0.2) is 22.7 Å². The molecule has 1 aliphatic heterocycles. The molecule has 0 spiro atoms. The van der Waals surface area contributed by atoms with Crippen LogP contribution in [-0.2, 0) is 9.59 Å². The van der Waals surface area contributed by atoms with Crippen LogP contribution in [0, 0.1) is 5.82 Å². The van der Waals surface area contributed by atoms with Gasteiger partial charge in [-0.2, -0.15) is 0 Å². The van der Waals surface area contributed by atoms with E-state index in [1.807, 2.05) is 0 Å². The number of halogens is 2. The van der Waals surface area contributed by atoms with E-state index in [4.69, 9.17) is 5.11 Å². The number of carbonyl (C=O) groups is 3. The Morgan fingerprint density at radius 3 is 2.80 bits per heavy atom. The monoisotopic (exact) mass is 344 g/mol. The molecule has 1 atom stereocenters. The average Bonchev–Trinajstić information content (AvgIpc) is 2.40. The highest BCUT2D eigenvalue weighted by Gasteiger charge is 2.36. The Kier molecular flexibility index (Phi) is 4.03. The van der Waals surface area contributed by atoms with Gasteiger partial charge in [-0.1, -0.05) is 15.9 Å². The lowest BCUT2D eigenvalue weighted by atomic mass is 10.1. The van der Waals surface area contributed by atoms with Crippen molar-refractivity contribution in [1.29, 1.82) is 0 Å². The van der Waals surface area contributed by atoms with Crippen molar-refractivity contribution in [1.82, 2.24) is 10.2 Å². The number of carboxylic acid groups (broad SMARTS) is 1. The van der Waals surface area contributed by atoms with E-state index in [2.05, 4.69) is 21.2 Å². The molecule has 20 heavy (non-hydrogen) atoms. The number of aliphatic carboxylic acids is 1. The van der Waals surface area contributed by atoms with Crippen LogP contribution < -0.4 is 5.32 Å². The van der Waals surface area contributed by atoms with Crippen molar-refractivity contribution in [2.24, 2.45) is 0 Å². The fraction of sp³-hybridized carbons (Fsp3) is 0.250. The van der Waals surface area contributed by atoms with Gasteiger partial charge in [-0.05, 0) is 18.2 Å². The highest BCUT2D eigenvalue weighted by atomic mass is 79.9. The number of hydrogen-bond acceptors (Lipinski definition) is 3. The Morgan fingerprint density at radius 2 is 2.15 bits per heavy atom. The van der Waals surface area contributed by atoms with E-state index in [9.17, 15) is 18.8 Å². The van der Waals surface area contributed by atoms with Crippen LogP contribution in [0.1, 0.15) is 10.4 Å². The summed E-state index contributed by atoms with van der Waals surface area (Å²) in [6, 6.07) is 2.56. The van der Waals surface area contributed by atoms with Gasteiger partial charge in [-0.15, -0.1) is 0 Å². The van der Waals surface area contributed by atoms with Crippen molar-refractivity contribution >= 4 is 33.7 Å². The molecule has 0 radical (unpaired) electrons. The lowest BCUT2D eigenvalue weighted by molar-refractivity contribution is -0.144. The van der Waals surface area contributed by atoms with Crippen LogP contribution in [0.3, 0.4) is 0 Å². The average molecular weight is 345 g/mol. The Bertz CT molecular complexity index is 593. The molecule has 1 unspecified atom stereocenters. The number of benzene rings is 1. The summed E-state index contributed by atoms with van der Waals surface area (Å²) in [5, 5.41) is 11.4. The molecule has 1 aliphatic rings. The molecule has 0 saturated carbocycles. The fourth-order valence-electron chi connectivity index (χ4n) is 1.89. The number of rotatable bonds is 2. The first kappa shape index (κ1) is 14.4. The van der Waals surface area contributed by atoms with Crippen LogP contribution in [0.4, 0.5) is 4.39 Å². The second kappa shape index (κ2) is 5.58. The summed E-state index contributed by atoms with van der Waals surface area (Å²) in [5.74, 6) is -3.33. The summed E-state index contributed by atoms with van der Waals surface area (Å²) in [7, 11) is 0. The predicted molar refractivity (Wildman–Crippen MR) is 69.6 cm³/mol. The van der Waals surface area contributed by atoms with Crippen LogP contribution in [0.5, 0.6) is 0 Å². The minimum atomic E-state index is -1.26. The number of amides is 2. The molecule has 0 bridgehead atoms. The van der Waals surface area contributed by atoms with Crippen LogP contribution in [0.25, 0.3) is 0 Å². The highest BCUT2D eigenvalue weighted by Crippen LogP contribution is 2.19. The summed E-state index contributed by atoms with van der Waals surface area (Å²) in [6.07, 6.45) is 0. The van der Waals surface area contributed by atoms with Gasteiger partial charge in [0.05, 0.1) is 5.56 Å². The molecule has 1 aromatic carbocycles. The predicted octanol–water partition coefficient (Wildman–Crippen LogP) is 0.613. The summed E-state index contributed by atoms with van der Waals surface area (Å²) < 4.78 is 14.2. The second-order valence-corrected chi connectivity index (χ2v) is 5.13. The topological polar surface area (TPSA) is 86.7 Å². The second-order valence-electron chi connectivity index (χ2n) is 4.22. The van der Waals surface area contributed by atoms with Crippen molar-refractivity contribution < 1.29 is 23.9 Å². The van der Waals surface area contributed by atoms with Crippen LogP contribution in [-0.4, -0.2) is 46.9 Å². The van der Waals surface area contributed by atoms with Crippen molar-refractivity contribution in [2.75, 3.05) is 13.1 Å². The molecule has 2 N–H and O–H groups in total. The normalized spacial score (nSPS) is 18.6. The van der Waals surface area contributed by atoms with Crippen molar-refractivity contribution in [3.05, 3.63) is 34.1 Å². The Hall–Kier alpha value is -1.96. The third-order valence-electron chi connectivity index (χ3n) is 2.89. The standard InChI is InChI=1S/C12H10BrFN2O4/c13-6-1-2-8(14)7(3-6)11(18)16-5-10(17)15-4-9(16)12(19)20/h1-3,9H,4-5H2,(H,15,17)(H,19,20). The largest absolute Gasteiger partial charge is 0.480 e. The number of piperazine rings is 1. The number of carboxylic acids is 1. The first-order valence-electron chi connectivity index (χ1n) is 5.65. The van der Waals surface area contributed by atoms with Gasteiger partial charge in [0, 0.05) is 11.0 Å². The number of hydrogen-bond donors (Lipinski definition) is 2. The summed E-state index contributed by atoms with van der Waals surface area (Å²) in [5.41, 5.74) is -0.277. The van der Waals surface area contributed by atoms with Gasteiger partial charge in [0.1, 0.15) is 18.4 Å². The molecule has 6 nitrogen and oxygen atoms in total. The highest BCUT2D eigenvalue weighted by molar-refractivity contribution is 9.10. The van der Waals surface area contributed by atoms with Crippen LogP contribution in [0.2, 0.25) is 0 Å². The SMILES string of the molecule is O=C1CN(C(=O)c2cc(Br)ccc2F)C(C(=O)O)CN1. The van der Waals surface area contributed by atoms with Crippen molar-refractivity contribution in [3.63, 3.8) is 0 Å². The number of carbonyl (C=O) groups excluding carboxylic acids is 2. The van der Waals surface area contributed by atoms with Gasteiger partial charge < -0.3 is 15.3 Å². The smallest absolute Gasteiger partial charge is 0.328 e. The zero-order valence-corrected chi connectivity index (χ0v) is 11.7. The molecular formula is C12H10BrFN2O4. The van der Waals surface area contributed by atoms with Gasteiger partial charge in [0.25, 0.3) is 5.91 Å². The maximum Gasteiger partial charge on any atom is 0.328 e. The number of nitrogens with one attached hydrogen (secondary N) is 1. The molecular weight excluding hydrogens is 335 g/mol. The van der Waals surface area contributed by atoms with Crippen molar-refractivity contribution in [2.45, 2.75) is 6.04 Å². The zero-order valence-electron chi connectivity index (χ0n) is 10.1. The number of nitrogens with zero attached hydrogens (tertiary/aromatic N) is 1. The molecule has 106 valence electrons. The van der Waals surface area contributed by atoms with E-state index in [-0.39, 0.29) is 12.1 Å². The third-order valence-corrected chi connectivity index (χ3v) is 3.38. The Morgan fingerprint density at radius 1 is 1.45 bits per heavy atom. The molecule has 0 aromatic heterocycles. The maximum absolute atomic E-state index is 13.7. The first-order chi connectivity index (χ1) is 9.40. The summed E-state index contributed by atoms with van der Waals surface area (Å²) >= 11 is 3.11. The van der Waals surface area contributed by atoms with E-state index >= 15 is 0 Å². The maximum atomic E-state index is 13.7. The molecule has 1 aromatic rings. The van der Waals surface area contributed by atoms with Gasteiger partial charge in [0.15, 0.2) is 0 Å². The Labute approximate surface area is 121 Å². The summed E-state index contributed by atoms with van der Waals surface area (Å²) in [4.78, 5) is 35.5. The molecule has 2 rings (SSSR count). The molecule has 8 heteroatoms. The lowest BCUT2D eigenvalue weighted by Crippen LogP contribution is -2.59. The van der Waals surface area contributed by atoms with E-state index in [0.717, 1.165) is 11.0 Å². The molecule has 1 saturated heterocycles. The third kappa shape index (κ3) is 2.79. The van der Waals surface area contributed by atoms with E-state index in [1.165, 1.54) is 12.1 Å². The van der Waals surface area contributed by atoms with Gasteiger partial charge in [-0.3, -0.25) is 9.59 Å². The van der Waals surface area contributed by atoms with E-state index in [1.54, 1.807) is 0 Å². The van der Waals surface area contributed by atoms with Gasteiger partial charge in [-0.25, -0.2) is 9.18 Å². The first-order valence-corrected chi connectivity index (χ1v) is 6.45. The van der Waals surface area contributed by atoms with Crippen molar-refractivity contribution in [3.8, 4) is 0 Å². The summed E-state index contributed by atoms with van der Waals surface area (Å²) in [6.45, 7) is -0.614. The van der Waals surface area contributed by atoms with Gasteiger partial charge >= 0.3 is 5.97 Å². The fourth-order valence-corrected chi connectivity index (χ4v) is 2.25. The Balaban J connectivity index is 2.36.